The summed E-state index contributed by atoms with van der Waals surface area (Å²) in [5, 5.41) is 3.34. The molecule has 1 aromatic carbocycles. The molecule has 0 bridgehead atoms. The lowest BCUT2D eigenvalue weighted by Crippen LogP contribution is -2.11. The second kappa shape index (κ2) is 5.25. The van der Waals surface area contributed by atoms with E-state index in [-0.39, 0.29) is 5.91 Å². The monoisotopic (exact) mass is 377 g/mol. The lowest BCUT2D eigenvalue weighted by Gasteiger charge is -2.06. The summed E-state index contributed by atoms with van der Waals surface area (Å²) in [6, 6.07) is 6.72. The zero-order chi connectivity index (χ0) is 12.4. The summed E-state index contributed by atoms with van der Waals surface area (Å²) < 4.78 is 6.12. The van der Waals surface area contributed by atoms with Gasteiger partial charge in [-0.3, -0.25) is 4.79 Å². The molecule has 0 radical (unpaired) electrons. The molecule has 0 aliphatic carbocycles. The molecule has 0 aliphatic rings. The van der Waals surface area contributed by atoms with Gasteiger partial charge in [-0.05, 0) is 56.1 Å². The maximum absolute atomic E-state index is 11.9. The highest BCUT2D eigenvalue weighted by atomic mass is 79.9. The van der Waals surface area contributed by atoms with Gasteiger partial charge in [0.15, 0.2) is 4.67 Å². The van der Waals surface area contributed by atoms with E-state index in [1.165, 1.54) is 6.26 Å². The zero-order valence-corrected chi connectivity index (χ0v) is 12.3. The number of halogens is 3. The van der Waals surface area contributed by atoms with Crippen molar-refractivity contribution < 1.29 is 9.21 Å². The third-order valence-electron chi connectivity index (χ3n) is 2.04. The number of hydrogen-bond acceptors (Lipinski definition) is 2. The van der Waals surface area contributed by atoms with Crippen molar-refractivity contribution in [3.63, 3.8) is 0 Å². The summed E-state index contributed by atoms with van der Waals surface area (Å²) in [5.74, 6) is -0.256. The maximum Gasteiger partial charge on any atom is 0.260 e. The smallest absolute Gasteiger partial charge is 0.260 e. The minimum absolute atomic E-state index is 0.256. The van der Waals surface area contributed by atoms with Gasteiger partial charge < -0.3 is 9.73 Å². The van der Waals surface area contributed by atoms with Crippen LogP contribution in [0.5, 0.6) is 0 Å². The Morgan fingerprint density at radius 2 is 2.06 bits per heavy atom. The van der Waals surface area contributed by atoms with Gasteiger partial charge in [-0.1, -0.05) is 11.6 Å². The van der Waals surface area contributed by atoms with Crippen molar-refractivity contribution in [2.24, 2.45) is 0 Å². The van der Waals surface area contributed by atoms with Gasteiger partial charge in [-0.25, -0.2) is 0 Å². The van der Waals surface area contributed by atoms with E-state index < -0.39 is 0 Å². The molecule has 2 rings (SSSR count). The summed E-state index contributed by atoms with van der Waals surface area (Å²) in [4.78, 5) is 11.9. The van der Waals surface area contributed by atoms with Crippen LogP contribution in [0, 0.1) is 0 Å². The maximum atomic E-state index is 11.9. The average molecular weight is 379 g/mol. The van der Waals surface area contributed by atoms with Crippen molar-refractivity contribution in [2.45, 2.75) is 0 Å². The van der Waals surface area contributed by atoms with Crippen LogP contribution in [0.2, 0.25) is 5.02 Å². The molecule has 3 nitrogen and oxygen atoms in total. The van der Waals surface area contributed by atoms with E-state index in [4.69, 9.17) is 16.0 Å². The number of anilines is 1. The van der Waals surface area contributed by atoms with Gasteiger partial charge >= 0.3 is 0 Å². The molecule has 17 heavy (non-hydrogen) atoms. The molecule has 0 aliphatic heterocycles. The van der Waals surface area contributed by atoms with Gasteiger partial charge in [0, 0.05) is 9.50 Å². The first-order valence-electron chi connectivity index (χ1n) is 4.57. The van der Waals surface area contributed by atoms with E-state index in [2.05, 4.69) is 37.2 Å². The van der Waals surface area contributed by atoms with Crippen LogP contribution in [-0.2, 0) is 0 Å². The first kappa shape index (κ1) is 12.7. The summed E-state index contributed by atoms with van der Waals surface area (Å²) in [7, 11) is 0. The molecule has 1 N–H and O–H groups in total. The Balaban J connectivity index is 2.22. The Hall–Kier alpha value is -0.780. The van der Waals surface area contributed by atoms with E-state index in [9.17, 15) is 4.79 Å². The third-order valence-corrected chi connectivity index (χ3v) is 3.55. The van der Waals surface area contributed by atoms with E-state index in [1.54, 1.807) is 24.3 Å². The highest BCUT2D eigenvalue weighted by molar-refractivity contribution is 9.10. The topological polar surface area (TPSA) is 42.2 Å². The third kappa shape index (κ3) is 2.91. The number of rotatable bonds is 2. The minimum atomic E-state index is -0.256. The van der Waals surface area contributed by atoms with Crippen molar-refractivity contribution in [3.05, 3.63) is 50.3 Å². The van der Waals surface area contributed by atoms with Gasteiger partial charge in [-0.2, -0.15) is 0 Å². The molecule has 2 aromatic rings. The summed E-state index contributed by atoms with van der Waals surface area (Å²) >= 11 is 12.3. The molecular formula is C11H6Br2ClNO2. The van der Waals surface area contributed by atoms with Gasteiger partial charge in [0.1, 0.15) is 0 Å². The van der Waals surface area contributed by atoms with Crippen molar-refractivity contribution in [1.82, 2.24) is 0 Å². The Labute approximate surface area is 119 Å². The molecule has 0 spiro atoms. The second-order valence-corrected chi connectivity index (χ2v) is 5.20. The predicted octanol–water partition coefficient (Wildman–Crippen LogP) is 4.71. The quantitative estimate of drug-likeness (QED) is 0.821. The van der Waals surface area contributed by atoms with E-state index in [1.807, 2.05) is 0 Å². The summed E-state index contributed by atoms with van der Waals surface area (Å²) in [5.41, 5.74) is 1.08. The van der Waals surface area contributed by atoms with Crippen LogP contribution in [-0.4, -0.2) is 5.91 Å². The molecule has 0 fully saturated rings. The fourth-order valence-electron chi connectivity index (χ4n) is 1.24. The van der Waals surface area contributed by atoms with Crippen LogP contribution in [0.25, 0.3) is 0 Å². The highest BCUT2D eigenvalue weighted by Gasteiger charge is 2.13. The number of amides is 1. The molecular weight excluding hydrogens is 373 g/mol. The summed E-state index contributed by atoms with van der Waals surface area (Å²) in [6.45, 7) is 0. The van der Waals surface area contributed by atoms with Crippen molar-refractivity contribution in [2.75, 3.05) is 5.32 Å². The van der Waals surface area contributed by atoms with Crippen LogP contribution < -0.4 is 5.32 Å². The molecule has 0 saturated carbocycles. The molecule has 1 amide bonds. The Morgan fingerprint density at radius 1 is 1.29 bits per heavy atom. The number of hydrogen-bond donors (Lipinski definition) is 1. The standard InChI is InChI=1S/C11H6Br2ClNO2/c12-8-5-6(14)1-2-9(8)15-11(16)7-3-4-17-10(7)13/h1-5H,(H,15,16). The first-order valence-corrected chi connectivity index (χ1v) is 6.53. The number of carbonyl (C=O) groups excluding carboxylic acids is 1. The van der Waals surface area contributed by atoms with Crippen LogP contribution in [0.15, 0.2) is 44.1 Å². The van der Waals surface area contributed by atoms with E-state index in [0.717, 1.165) is 4.47 Å². The van der Waals surface area contributed by atoms with E-state index >= 15 is 0 Å². The van der Waals surface area contributed by atoms with Gasteiger partial charge in [0.05, 0.1) is 17.5 Å². The lowest BCUT2D eigenvalue weighted by molar-refractivity contribution is 0.102. The number of nitrogens with one attached hydrogen (secondary N) is 1. The SMILES string of the molecule is O=C(Nc1ccc(Cl)cc1Br)c1ccoc1Br. The van der Waals surface area contributed by atoms with Gasteiger partial charge in [0.2, 0.25) is 0 Å². The molecule has 0 atom stereocenters. The predicted molar refractivity (Wildman–Crippen MR) is 73.5 cm³/mol. The lowest BCUT2D eigenvalue weighted by atomic mass is 10.3. The molecule has 6 heteroatoms. The van der Waals surface area contributed by atoms with Gasteiger partial charge in [-0.15, -0.1) is 0 Å². The number of carbonyl (C=O) groups is 1. The fraction of sp³-hybridized carbons (Fsp3) is 0. The Morgan fingerprint density at radius 3 is 2.65 bits per heavy atom. The largest absolute Gasteiger partial charge is 0.457 e. The van der Waals surface area contributed by atoms with Crippen molar-refractivity contribution in [1.29, 1.82) is 0 Å². The van der Waals surface area contributed by atoms with Crippen LogP contribution in [0.3, 0.4) is 0 Å². The molecule has 88 valence electrons. The summed E-state index contributed by atoms with van der Waals surface area (Å²) in [6.07, 6.45) is 1.44. The molecule has 1 aromatic heterocycles. The van der Waals surface area contributed by atoms with Crippen LogP contribution >= 0.6 is 43.5 Å². The normalized spacial score (nSPS) is 10.3. The second-order valence-electron chi connectivity index (χ2n) is 3.19. The highest BCUT2D eigenvalue weighted by Crippen LogP contribution is 2.27. The number of benzene rings is 1. The number of furan rings is 1. The van der Waals surface area contributed by atoms with E-state index in [0.29, 0.717) is 20.9 Å². The van der Waals surface area contributed by atoms with Crippen molar-refractivity contribution >= 4 is 55.1 Å². The zero-order valence-electron chi connectivity index (χ0n) is 8.34. The van der Waals surface area contributed by atoms with Gasteiger partial charge in [0.25, 0.3) is 5.91 Å². The molecule has 0 unspecified atom stereocenters. The Bertz CT molecular complexity index is 568. The van der Waals surface area contributed by atoms with Crippen LogP contribution in [0.1, 0.15) is 10.4 Å². The average Bonchev–Trinajstić information content (AvgIpc) is 2.68. The molecule has 0 saturated heterocycles. The molecule has 1 heterocycles. The minimum Gasteiger partial charge on any atom is -0.457 e. The fourth-order valence-corrected chi connectivity index (χ4v) is 2.44. The first-order chi connectivity index (χ1) is 8.08. The Kier molecular flexibility index (Phi) is 3.91. The van der Waals surface area contributed by atoms with Crippen molar-refractivity contribution in [3.8, 4) is 0 Å². The van der Waals surface area contributed by atoms with Crippen LogP contribution in [0.4, 0.5) is 5.69 Å².